The van der Waals surface area contributed by atoms with E-state index in [1.165, 1.54) is 17.5 Å². The van der Waals surface area contributed by atoms with Gasteiger partial charge in [-0.15, -0.1) is 0 Å². The number of fused-ring (bicyclic) bond motifs is 1. The van der Waals surface area contributed by atoms with Crippen molar-refractivity contribution in [1.82, 2.24) is 18.8 Å². The van der Waals surface area contributed by atoms with E-state index in [-0.39, 0.29) is 23.8 Å². The number of hydrogen-bond acceptors (Lipinski definition) is 6. The van der Waals surface area contributed by atoms with E-state index in [0.29, 0.717) is 55.4 Å². The second kappa shape index (κ2) is 11.0. The van der Waals surface area contributed by atoms with Gasteiger partial charge in [0.1, 0.15) is 11.6 Å². The summed E-state index contributed by atoms with van der Waals surface area (Å²) in [5, 5.41) is 0. The molecule has 1 fully saturated rings. The maximum atomic E-state index is 14.1. The molecule has 9 nitrogen and oxygen atoms in total. The molecule has 0 N–H and O–H groups in total. The van der Waals surface area contributed by atoms with Gasteiger partial charge in [0.05, 0.1) is 23.6 Å². The van der Waals surface area contributed by atoms with E-state index in [1.807, 2.05) is 27.8 Å². The van der Waals surface area contributed by atoms with Crippen LogP contribution in [0.4, 0.5) is 19.0 Å². The first-order chi connectivity index (χ1) is 19.4. The number of anilines is 1. The van der Waals surface area contributed by atoms with Crippen molar-refractivity contribution in [2.45, 2.75) is 43.9 Å². The number of ether oxygens (including phenoxy) is 1. The summed E-state index contributed by atoms with van der Waals surface area (Å²) in [5.41, 5.74) is 1.08. The van der Waals surface area contributed by atoms with Gasteiger partial charge in [0.25, 0.3) is 0 Å². The van der Waals surface area contributed by atoms with Gasteiger partial charge in [-0.1, -0.05) is 0 Å². The molecule has 41 heavy (non-hydrogen) atoms. The molecule has 1 amide bonds. The van der Waals surface area contributed by atoms with Gasteiger partial charge in [-0.05, 0) is 61.4 Å². The Morgan fingerprint density at radius 2 is 1.71 bits per heavy atom. The number of piperazine rings is 1. The topological polar surface area (TPSA) is 88.0 Å². The van der Waals surface area contributed by atoms with Crippen LogP contribution in [0.3, 0.4) is 0 Å². The van der Waals surface area contributed by atoms with Crippen molar-refractivity contribution < 1.29 is 31.1 Å². The maximum Gasteiger partial charge on any atom is 0.417 e. The van der Waals surface area contributed by atoms with E-state index >= 15 is 0 Å². The summed E-state index contributed by atoms with van der Waals surface area (Å²) in [4.78, 5) is 21.2. The monoisotopic (exact) mass is 591 g/mol. The molecule has 1 unspecified atom stereocenters. The third-order valence-corrected chi connectivity index (χ3v) is 9.97. The third kappa shape index (κ3) is 5.65. The van der Waals surface area contributed by atoms with Crippen molar-refractivity contribution in [2.75, 3.05) is 44.7 Å². The zero-order chi connectivity index (χ0) is 29.5. The number of amides is 1. The Labute approximate surface area is 237 Å². The number of rotatable bonds is 6. The van der Waals surface area contributed by atoms with Gasteiger partial charge in [-0.2, -0.15) is 17.5 Å². The summed E-state index contributed by atoms with van der Waals surface area (Å²) >= 11 is 0. The minimum Gasteiger partial charge on any atom is -0.497 e. The van der Waals surface area contributed by atoms with Crippen molar-refractivity contribution in [3.63, 3.8) is 0 Å². The Morgan fingerprint density at radius 1 is 1.02 bits per heavy atom. The molecule has 0 aliphatic carbocycles. The Hall–Kier alpha value is -3.58. The normalized spacial score (nSPS) is 18.3. The number of hydrogen-bond donors (Lipinski definition) is 0. The van der Waals surface area contributed by atoms with Crippen LogP contribution in [0.25, 0.3) is 0 Å². The molecule has 5 rings (SSSR count). The van der Waals surface area contributed by atoms with Crippen LogP contribution in [0.5, 0.6) is 5.75 Å². The standard InChI is InChI=1S/C28H32F3N5O4S/c1-19-15-22(40-3)16-20(2)27(19)41(38,39)36-14-13-33-8-4-5-23(33)24(36)17-26(37)35-11-9-34(10-12-35)25-7-6-21(18-32-25)28(29,30)31/h4-8,15-16,18,24H,9-14,17H2,1-3H3. The molecule has 1 saturated heterocycles. The number of aryl methyl sites for hydroxylation is 2. The van der Waals surface area contributed by atoms with E-state index < -0.39 is 27.8 Å². The first-order valence-electron chi connectivity index (χ1n) is 13.3. The Bertz CT molecular complexity index is 1510. The predicted octanol–water partition coefficient (Wildman–Crippen LogP) is 4.01. The van der Waals surface area contributed by atoms with Crippen LogP contribution in [0, 0.1) is 13.8 Å². The molecule has 3 aromatic rings. The number of halogens is 3. The summed E-state index contributed by atoms with van der Waals surface area (Å²) < 4.78 is 75.5. The highest BCUT2D eigenvalue weighted by atomic mass is 32.2. The van der Waals surface area contributed by atoms with Gasteiger partial charge in [0.15, 0.2) is 0 Å². The summed E-state index contributed by atoms with van der Waals surface area (Å²) in [5.74, 6) is 0.801. The number of carbonyl (C=O) groups is 1. The van der Waals surface area contributed by atoms with Crippen LogP contribution in [0.15, 0.2) is 53.7 Å². The first kappa shape index (κ1) is 28.9. The summed E-state index contributed by atoms with van der Waals surface area (Å²) in [6.07, 6.45) is -1.79. The van der Waals surface area contributed by atoms with Crippen molar-refractivity contribution in [3.8, 4) is 5.75 Å². The Morgan fingerprint density at radius 3 is 2.29 bits per heavy atom. The van der Waals surface area contributed by atoms with E-state index in [9.17, 15) is 26.4 Å². The quantitative estimate of drug-likeness (QED) is 0.431. The van der Waals surface area contributed by atoms with Crippen LogP contribution in [0.2, 0.25) is 0 Å². The van der Waals surface area contributed by atoms with Gasteiger partial charge in [-0.25, -0.2) is 13.4 Å². The number of pyridine rings is 1. The summed E-state index contributed by atoms with van der Waals surface area (Å²) in [7, 11) is -2.43. The average molecular weight is 592 g/mol. The molecule has 13 heteroatoms. The molecule has 0 saturated carbocycles. The van der Waals surface area contributed by atoms with Crippen LogP contribution in [-0.4, -0.2) is 72.9 Å². The van der Waals surface area contributed by atoms with Gasteiger partial charge < -0.3 is 19.1 Å². The van der Waals surface area contributed by atoms with Crippen molar-refractivity contribution in [3.05, 3.63) is 71.2 Å². The number of aromatic nitrogens is 2. The van der Waals surface area contributed by atoms with Gasteiger partial charge >= 0.3 is 6.18 Å². The molecule has 220 valence electrons. The average Bonchev–Trinajstić information content (AvgIpc) is 3.42. The lowest BCUT2D eigenvalue weighted by Gasteiger charge is -2.39. The lowest BCUT2D eigenvalue weighted by Crippen LogP contribution is -2.50. The fourth-order valence-electron chi connectivity index (χ4n) is 5.71. The number of alkyl halides is 3. The zero-order valence-electron chi connectivity index (χ0n) is 23.1. The molecule has 2 aliphatic heterocycles. The SMILES string of the molecule is COc1cc(C)c(S(=O)(=O)N2CCn3cccc3C2CC(=O)N2CCN(c3ccc(C(F)(F)F)cn3)CC2)c(C)c1. The van der Waals surface area contributed by atoms with Crippen molar-refractivity contribution >= 4 is 21.7 Å². The summed E-state index contributed by atoms with van der Waals surface area (Å²) in [6.45, 7) is 5.66. The number of sulfonamides is 1. The molecule has 0 radical (unpaired) electrons. The molecule has 4 heterocycles. The van der Waals surface area contributed by atoms with Crippen molar-refractivity contribution in [1.29, 1.82) is 0 Å². The molecule has 0 bridgehead atoms. The first-order valence-corrected chi connectivity index (χ1v) is 14.7. The predicted molar refractivity (Wildman–Crippen MR) is 146 cm³/mol. The lowest BCUT2D eigenvalue weighted by atomic mass is 10.1. The van der Waals surface area contributed by atoms with Gasteiger partial charge in [-0.3, -0.25) is 4.79 Å². The second-order valence-corrected chi connectivity index (χ2v) is 12.2. The number of benzene rings is 1. The molecule has 2 aliphatic rings. The largest absolute Gasteiger partial charge is 0.497 e. The number of carbonyl (C=O) groups excluding carboxylic acids is 1. The van der Waals surface area contributed by atoms with Crippen LogP contribution in [0.1, 0.15) is 34.8 Å². The van der Waals surface area contributed by atoms with Crippen LogP contribution in [-0.2, 0) is 27.5 Å². The van der Waals surface area contributed by atoms with E-state index in [2.05, 4.69) is 4.98 Å². The van der Waals surface area contributed by atoms with Crippen LogP contribution < -0.4 is 9.64 Å². The number of methoxy groups -OCH3 is 1. The highest BCUT2D eigenvalue weighted by Gasteiger charge is 2.40. The van der Waals surface area contributed by atoms with Crippen molar-refractivity contribution in [2.24, 2.45) is 0 Å². The molecule has 2 aromatic heterocycles. The smallest absolute Gasteiger partial charge is 0.417 e. The highest BCUT2D eigenvalue weighted by molar-refractivity contribution is 7.89. The molecule has 0 spiro atoms. The van der Waals surface area contributed by atoms with E-state index in [0.717, 1.165) is 18.0 Å². The Balaban J connectivity index is 1.33. The van der Waals surface area contributed by atoms with E-state index in [1.54, 1.807) is 30.9 Å². The highest BCUT2D eigenvalue weighted by Crippen LogP contribution is 2.37. The lowest BCUT2D eigenvalue weighted by molar-refractivity contribution is -0.138. The molecule has 1 atom stereocenters. The van der Waals surface area contributed by atoms with Gasteiger partial charge in [0.2, 0.25) is 15.9 Å². The molecular formula is C28H32F3N5O4S. The third-order valence-electron chi connectivity index (χ3n) is 7.75. The minimum absolute atomic E-state index is 0.0317. The molecular weight excluding hydrogens is 559 g/mol. The second-order valence-electron chi connectivity index (χ2n) is 10.3. The van der Waals surface area contributed by atoms with E-state index in [4.69, 9.17) is 4.74 Å². The minimum atomic E-state index is -4.46. The summed E-state index contributed by atoms with van der Waals surface area (Å²) in [6, 6.07) is 8.73. The fraction of sp³-hybridized carbons (Fsp3) is 0.429. The molecule has 1 aromatic carbocycles. The van der Waals surface area contributed by atoms with Crippen LogP contribution >= 0.6 is 0 Å². The Kier molecular flexibility index (Phi) is 7.77. The maximum absolute atomic E-state index is 14.1. The fourth-order valence-corrected chi connectivity index (χ4v) is 7.72. The number of nitrogens with zero attached hydrogens (tertiary/aromatic N) is 5. The van der Waals surface area contributed by atoms with Gasteiger partial charge in [0, 0.05) is 63.8 Å². The zero-order valence-corrected chi connectivity index (χ0v) is 23.9.